The molecule has 2 aliphatic carbocycles. The molecule has 3 aliphatic rings. The fourth-order valence-electron chi connectivity index (χ4n) is 3.70. The van der Waals surface area contributed by atoms with Gasteiger partial charge in [0.1, 0.15) is 5.60 Å². The van der Waals surface area contributed by atoms with Crippen LogP contribution in [0.3, 0.4) is 0 Å². The lowest BCUT2D eigenvalue weighted by Gasteiger charge is -2.30. The van der Waals surface area contributed by atoms with Crippen LogP contribution >= 0.6 is 0 Å². The third-order valence-electron chi connectivity index (χ3n) is 5.04. The van der Waals surface area contributed by atoms with Crippen molar-refractivity contribution in [2.24, 2.45) is 17.3 Å². The van der Waals surface area contributed by atoms with Crippen molar-refractivity contribution in [2.75, 3.05) is 0 Å². The van der Waals surface area contributed by atoms with Crippen LogP contribution in [0.5, 0.6) is 0 Å². The molecule has 2 fully saturated rings. The maximum Gasteiger partial charge on any atom is 0.334 e. The largest absolute Gasteiger partial charge is 0.451 e. The zero-order chi connectivity index (χ0) is 11.0. The summed E-state index contributed by atoms with van der Waals surface area (Å²) < 4.78 is 5.54. The van der Waals surface area contributed by atoms with E-state index in [0.717, 1.165) is 30.3 Å². The fraction of sp³-hybridized carbons (Fsp3) is 0.769. The summed E-state index contributed by atoms with van der Waals surface area (Å²) in [4.78, 5) is 11.5. The van der Waals surface area contributed by atoms with Gasteiger partial charge < -0.3 is 4.74 Å². The van der Waals surface area contributed by atoms with Crippen molar-refractivity contribution >= 4 is 5.97 Å². The summed E-state index contributed by atoms with van der Waals surface area (Å²) in [7, 11) is 0. The van der Waals surface area contributed by atoms with Gasteiger partial charge in [0, 0.05) is 5.57 Å². The van der Waals surface area contributed by atoms with Gasteiger partial charge in [-0.3, -0.25) is 0 Å². The highest BCUT2D eigenvalue weighted by Gasteiger charge is 2.65. The molecule has 0 saturated heterocycles. The molecule has 0 aromatic rings. The molecule has 82 valence electrons. The summed E-state index contributed by atoms with van der Waals surface area (Å²) >= 11 is 0. The Morgan fingerprint density at radius 1 is 1.27 bits per heavy atom. The summed E-state index contributed by atoms with van der Waals surface area (Å²) in [6.45, 7) is 8.68. The Hall–Kier alpha value is -0.790. The van der Waals surface area contributed by atoms with Crippen LogP contribution in [0.15, 0.2) is 11.1 Å². The Balaban J connectivity index is 2.00. The van der Waals surface area contributed by atoms with E-state index in [1.807, 2.05) is 6.92 Å². The quantitative estimate of drug-likeness (QED) is 0.570. The number of fused-ring (bicyclic) bond motifs is 2. The van der Waals surface area contributed by atoms with E-state index in [1.54, 1.807) is 0 Å². The van der Waals surface area contributed by atoms with Crippen molar-refractivity contribution in [3.8, 4) is 0 Å². The Morgan fingerprint density at radius 3 is 2.60 bits per heavy atom. The minimum absolute atomic E-state index is 0.0911. The molecule has 0 aromatic carbocycles. The first-order valence-electron chi connectivity index (χ1n) is 5.80. The molecule has 0 spiro atoms. The SMILES string of the molecule is CC1=C2C[C@H]3[C@@H](C[C@]2(C)OC1=O)C3(C)C. The predicted octanol–water partition coefficient (Wildman–Crippen LogP) is 2.68. The number of carbonyl (C=O) groups is 1. The lowest BCUT2D eigenvalue weighted by Crippen LogP contribution is -2.31. The molecule has 0 bridgehead atoms. The zero-order valence-electron chi connectivity index (χ0n) is 9.89. The number of esters is 1. The molecular formula is C13H18O2. The fourth-order valence-corrected chi connectivity index (χ4v) is 3.70. The number of carbonyl (C=O) groups excluding carboxylic acids is 1. The number of ether oxygens (including phenoxy) is 1. The van der Waals surface area contributed by atoms with Gasteiger partial charge in [-0.15, -0.1) is 0 Å². The lowest BCUT2D eigenvalue weighted by atomic mass is 9.81. The summed E-state index contributed by atoms with van der Waals surface area (Å²) in [6, 6.07) is 0. The standard InChI is InChI=1S/C13H18O2/c1-7-8-5-9-10(12(9,2)3)6-13(8,4)15-11(7)14/h9-10H,5-6H2,1-4H3/t9-,10+,13-/m0/s1. The molecule has 3 rings (SSSR count). The van der Waals surface area contributed by atoms with Gasteiger partial charge in [-0.25, -0.2) is 4.79 Å². The maximum absolute atomic E-state index is 11.5. The third kappa shape index (κ3) is 0.977. The van der Waals surface area contributed by atoms with Crippen molar-refractivity contribution in [3.63, 3.8) is 0 Å². The van der Waals surface area contributed by atoms with Crippen LogP contribution < -0.4 is 0 Å². The third-order valence-corrected chi connectivity index (χ3v) is 5.04. The van der Waals surface area contributed by atoms with Crippen molar-refractivity contribution in [2.45, 2.75) is 46.1 Å². The highest BCUT2D eigenvalue weighted by molar-refractivity contribution is 5.92. The summed E-state index contributed by atoms with van der Waals surface area (Å²) in [6.07, 6.45) is 2.11. The van der Waals surface area contributed by atoms with Gasteiger partial charge >= 0.3 is 5.97 Å². The van der Waals surface area contributed by atoms with Crippen molar-refractivity contribution < 1.29 is 9.53 Å². The minimum atomic E-state index is -0.268. The molecule has 1 heterocycles. The molecule has 0 unspecified atom stereocenters. The Morgan fingerprint density at radius 2 is 1.93 bits per heavy atom. The Bertz CT molecular complexity index is 391. The van der Waals surface area contributed by atoms with Gasteiger partial charge in [0.25, 0.3) is 0 Å². The van der Waals surface area contributed by atoms with Gasteiger partial charge in [0.2, 0.25) is 0 Å². The molecule has 0 N–H and O–H groups in total. The van der Waals surface area contributed by atoms with E-state index >= 15 is 0 Å². The normalized spacial score (nSPS) is 46.0. The molecule has 0 aromatic heterocycles. The van der Waals surface area contributed by atoms with E-state index < -0.39 is 0 Å². The number of rotatable bonds is 0. The van der Waals surface area contributed by atoms with E-state index in [0.29, 0.717) is 5.41 Å². The van der Waals surface area contributed by atoms with Gasteiger partial charge in [0.05, 0.1) is 0 Å². The summed E-state index contributed by atoms with van der Waals surface area (Å²) in [5, 5.41) is 0. The second-order valence-corrected chi connectivity index (χ2v) is 6.17. The molecular weight excluding hydrogens is 188 g/mol. The van der Waals surface area contributed by atoms with Gasteiger partial charge in [-0.1, -0.05) is 13.8 Å². The zero-order valence-corrected chi connectivity index (χ0v) is 9.89. The molecule has 2 heteroatoms. The van der Waals surface area contributed by atoms with Gasteiger partial charge in [-0.2, -0.15) is 0 Å². The number of hydrogen-bond acceptors (Lipinski definition) is 2. The highest BCUT2D eigenvalue weighted by Crippen LogP contribution is 2.69. The first-order valence-corrected chi connectivity index (χ1v) is 5.80. The average Bonchev–Trinajstić information content (AvgIpc) is 2.54. The van der Waals surface area contributed by atoms with Crippen LogP contribution in [0.25, 0.3) is 0 Å². The van der Waals surface area contributed by atoms with E-state index in [1.165, 1.54) is 5.57 Å². The molecule has 3 atom stereocenters. The van der Waals surface area contributed by atoms with Crippen LogP contribution in [0.1, 0.15) is 40.5 Å². The number of hydrogen-bond donors (Lipinski definition) is 0. The molecule has 15 heavy (non-hydrogen) atoms. The van der Waals surface area contributed by atoms with Crippen LogP contribution in [0.2, 0.25) is 0 Å². The first kappa shape index (κ1) is 9.44. The highest BCUT2D eigenvalue weighted by atomic mass is 16.6. The van der Waals surface area contributed by atoms with Gasteiger partial charge in [0.15, 0.2) is 0 Å². The van der Waals surface area contributed by atoms with E-state index in [4.69, 9.17) is 4.74 Å². The van der Waals surface area contributed by atoms with Crippen molar-refractivity contribution in [1.82, 2.24) is 0 Å². The topological polar surface area (TPSA) is 26.3 Å². The lowest BCUT2D eigenvalue weighted by molar-refractivity contribution is -0.147. The van der Waals surface area contributed by atoms with Crippen molar-refractivity contribution in [3.05, 3.63) is 11.1 Å². The van der Waals surface area contributed by atoms with E-state index in [2.05, 4.69) is 20.8 Å². The van der Waals surface area contributed by atoms with Crippen LogP contribution in [-0.4, -0.2) is 11.6 Å². The van der Waals surface area contributed by atoms with Gasteiger partial charge in [-0.05, 0) is 49.5 Å². The van der Waals surface area contributed by atoms with Crippen LogP contribution in [0, 0.1) is 17.3 Å². The molecule has 1 aliphatic heterocycles. The molecule has 0 amide bonds. The summed E-state index contributed by atoms with van der Waals surface area (Å²) in [5.41, 5.74) is 2.35. The molecule has 2 saturated carbocycles. The predicted molar refractivity (Wildman–Crippen MR) is 57.2 cm³/mol. The molecule has 2 nitrogen and oxygen atoms in total. The van der Waals surface area contributed by atoms with Crippen LogP contribution in [0.4, 0.5) is 0 Å². The maximum atomic E-state index is 11.5. The van der Waals surface area contributed by atoms with Crippen LogP contribution in [-0.2, 0) is 9.53 Å². The Labute approximate surface area is 90.7 Å². The second-order valence-electron chi connectivity index (χ2n) is 6.17. The van der Waals surface area contributed by atoms with E-state index in [-0.39, 0.29) is 11.6 Å². The minimum Gasteiger partial charge on any atom is -0.451 e. The first-order chi connectivity index (χ1) is 6.86. The average molecular weight is 206 g/mol. The smallest absolute Gasteiger partial charge is 0.334 e. The Kier molecular flexibility index (Phi) is 1.45. The second kappa shape index (κ2) is 2.31. The monoisotopic (exact) mass is 206 g/mol. The van der Waals surface area contributed by atoms with Crippen molar-refractivity contribution in [1.29, 1.82) is 0 Å². The molecule has 0 radical (unpaired) electrons. The van der Waals surface area contributed by atoms with E-state index in [9.17, 15) is 4.79 Å². The summed E-state index contributed by atoms with van der Waals surface area (Å²) in [5.74, 6) is 1.45.